The van der Waals surface area contributed by atoms with Gasteiger partial charge in [-0.15, -0.1) is 0 Å². The van der Waals surface area contributed by atoms with Crippen molar-refractivity contribution in [1.82, 2.24) is 0 Å². The first-order valence-corrected chi connectivity index (χ1v) is 7.56. The second-order valence-electron chi connectivity index (χ2n) is 5.93. The van der Waals surface area contributed by atoms with E-state index in [1.807, 2.05) is 67.6 Å². The Bertz CT molecular complexity index is 479. The maximum atomic E-state index is 9.62. The lowest BCUT2D eigenvalue weighted by atomic mass is 9.94. The average molecular weight is 300 g/mol. The predicted octanol–water partition coefficient (Wildman–Crippen LogP) is 3.42. The molecule has 0 radical (unpaired) electrons. The minimum atomic E-state index is -0.385. The molecular weight excluding hydrogens is 276 g/mol. The van der Waals surface area contributed by atoms with E-state index in [1.54, 1.807) is 0 Å². The highest BCUT2D eigenvalue weighted by Gasteiger charge is 2.24. The second-order valence-corrected chi connectivity index (χ2v) is 5.93. The molecule has 2 aromatic carbocycles. The van der Waals surface area contributed by atoms with E-state index in [0.717, 1.165) is 11.1 Å². The summed E-state index contributed by atoms with van der Waals surface area (Å²) >= 11 is 0. The molecule has 3 nitrogen and oxygen atoms in total. The van der Waals surface area contributed by atoms with Gasteiger partial charge >= 0.3 is 0 Å². The van der Waals surface area contributed by atoms with Crippen molar-refractivity contribution < 1.29 is 14.6 Å². The molecule has 0 aliphatic heterocycles. The molecule has 0 aliphatic rings. The zero-order chi connectivity index (χ0) is 15.7. The molecule has 0 amide bonds. The van der Waals surface area contributed by atoms with E-state index in [-0.39, 0.29) is 12.0 Å². The molecule has 1 N–H and O–H groups in total. The van der Waals surface area contributed by atoms with Gasteiger partial charge in [0, 0.05) is 5.41 Å². The van der Waals surface area contributed by atoms with E-state index < -0.39 is 0 Å². The van der Waals surface area contributed by atoms with Crippen LogP contribution in [0.1, 0.15) is 18.1 Å². The molecule has 0 saturated heterocycles. The molecule has 0 atom stereocenters. The van der Waals surface area contributed by atoms with Crippen molar-refractivity contribution in [2.45, 2.75) is 20.1 Å². The Balaban J connectivity index is 1.73. The van der Waals surface area contributed by atoms with Gasteiger partial charge in [-0.25, -0.2) is 0 Å². The summed E-state index contributed by atoms with van der Waals surface area (Å²) in [5.41, 5.74) is 1.88. The Labute approximate surface area is 132 Å². The molecule has 0 unspecified atom stereocenters. The number of hydrogen-bond donors (Lipinski definition) is 1. The van der Waals surface area contributed by atoms with Crippen molar-refractivity contribution in [3.63, 3.8) is 0 Å². The molecular formula is C19H24O3. The van der Waals surface area contributed by atoms with E-state index >= 15 is 0 Å². The van der Waals surface area contributed by atoms with E-state index in [1.165, 1.54) is 0 Å². The normalized spacial score (nSPS) is 11.5. The van der Waals surface area contributed by atoms with Gasteiger partial charge in [-0.05, 0) is 11.1 Å². The van der Waals surface area contributed by atoms with Crippen LogP contribution in [-0.2, 0) is 22.7 Å². The Hall–Kier alpha value is -1.68. The van der Waals surface area contributed by atoms with E-state index in [0.29, 0.717) is 26.4 Å². The van der Waals surface area contributed by atoms with Gasteiger partial charge in [0.25, 0.3) is 0 Å². The van der Waals surface area contributed by atoms with E-state index in [2.05, 4.69) is 0 Å². The fourth-order valence-electron chi connectivity index (χ4n) is 2.11. The Morgan fingerprint density at radius 2 is 1.18 bits per heavy atom. The van der Waals surface area contributed by atoms with Crippen LogP contribution in [0.3, 0.4) is 0 Å². The van der Waals surface area contributed by atoms with Crippen molar-refractivity contribution in [2.75, 3.05) is 19.8 Å². The molecule has 0 bridgehead atoms. The fraction of sp³-hybridized carbons (Fsp3) is 0.368. The summed E-state index contributed by atoms with van der Waals surface area (Å²) in [6.07, 6.45) is 0. The Kier molecular flexibility index (Phi) is 6.59. The average Bonchev–Trinajstić information content (AvgIpc) is 2.57. The van der Waals surface area contributed by atoms with Crippen molar-refractivity contribution in [3.8, 4) is 0 Å². The zero-order valence-corrected chi connectivity index (χ0v) is 13.1. The van der Waals surface area contributed by atoms with Gasteiger partial charge in [0.05, 0.1) is 33.0 Å². The van der Waals surface area contributed by atoms with Crippen molar-refractivity contribution in [2.24, 2.45) is 5.41 Å². The molecule has 118 valence electrons. The van der Waals surface area contributed by atoms with Crippen LogP contribution < -0.4 is 0 Å². The summed E-state index contributed by atoms with van der Waals surface area (Å²) in [7, 11) is 0. The first-order chi connectivity index (χ1) is 10.7. The highest BCUT2D eigenvalue weighted by atomic mass is 16.5. The van der Waals surface area contributed by atoms with Crippen LogP contribution in [0, 0.1) is 5.41 Å². The minimum Gasteiger partial charge on any atom is -0.396 e. The third-order valence-corrected chi connectivity index (χ3v) is 3.51. The molecule has 3 heteroatoms. The topological polar surface area (TPSA) is 38.7 Å². The molecule has 0 spiro atoms. The fourth-order valence-corrected chi connectivity index (χ4v) is 2.11. The van der Waals surface area contributed by atoms with Crippen LogP contribution in [0.2, 0.25) is 0 Å². The molecule has 2 aromatic rings. The van der Waals surface area contributed by atoms with Crippen LogP contribution >= 0.6 is 0 Å². The van der Waals surface area contributed by atoms with Gasteiger partial charge < -0.3 is 14.6 Å². The van der Waals surface area contributed by atoms with Crippen LogP contribution in [0.25, 0.3) is 0 Å². The summed E-state index contributed by atoms with van der Waals surface area (Å²) < 4.78 is 11.5. The summed E-state index contributed by atoms with van der Waals surface area (Å²) in [5, 5.41) is 9.62. The second kappa shape index (κ2) is 8.69. The molecule has 0 aliphatic carbocycles. The molecule has 2 rings (SSSR count). The standard InChI is InChI=1S/C19H24O3/c1-19(14-20,15-21-12-17-8-4-2-5-9-17)16-22-13-18-10-6-3-7-11-18/h2-11,20H,12-16H2,1H3. The number of aliphatic hydroxyl groups is 1. The number of hydrogen-bond acceptors (Lipinski definition) is 3. The predicted molar refractivity (Wildman–Crippen MR) is 87.4 cm³/mol. The quantitative estimate of drug-likeness (QED) is 0.771. The van der Waals surface area contributed by atoms with Crippen molar-refractivity contribution in [1.29, 1.82) is 0 Å². The maximum absolute atomic E-state index is 9.62. The zero-order valence-electron chi connectivity index (χ0n) is 13.1. The van der Waals surface area contributed by atoms with Crippen LogP contribution in [-0.4, -0.2) is 24.9 Å². The van der Waals surface area contributed by atoms with Gasteiger partial charge in [-0.1, -0.05) is 67.6 Å². The highest BCUT2D eigenvalue weighted by molar-refractivity contribution is 5.14. The molecule has 0 fully saturated rings. The number of rotatable bonds is 9. The Morgan fingerprint density at radius 3 is 1.55 bits per heavy atom. The third kappa shape index (κ3) is 5.60. The number of ether oxygens (including phenoxy) is 2. The summed E-state index contributed by atoms with van der Waals surface area (Å²) in [6.45, 7) is 4.05. The van der Waals surface area contributed by atoms with Gasteiger partial charge in [0.2, 0.25) is 0 Å². The van der Waals surface area contributed by atoms with E-state index in [9.17, 15) is 5.11 Å². The van der Waals surface area contributed by atoms with Crippen molar-refractivity contribution in [3.05, 3.63) is 71.8 Å². The molecule has 0 saturated carbocycles. The van der Waals surface area contributed by atoms with Gasteiger partial charge in [0.1, 0.15) is 0 Å². The van der Waals surface area contributed by atoms with Crippen LogP contribution in [0.15, 0.2) is 60.7 Å². The summed E-state index contributed by atoms with van der Waals surface area (Å²) in [5.74, 6) is 0. The highest BCUT2D eigenvalue weighted by Crippen LogP contribution is 2.18. The van der Waals surface area contributed by atoms with Crippen molar-refractivity contribution >= 4 is 0 Å². The van der Waals surface area contributed by atoms with Gasteiger partial charge in [-0.3, -0.25) is 0 Å². The molecule has 22 heavy (non-hydrogen) atoms. The van der Waals surface area contributed by atoms with Gasteiger partial charge in [0.15, 0.2) is 0 Å². The van der Waals surface area contributed by atoms with E-state index in [4.69, 9.17) is 9.47 Å². The molecule has 0 heterocycles. The van der Waals surface area contributed by atoms with Crippen LogP contribution in [0.5, 0.6) is 0 Å². The lowest BCUT2D eigenvalue weighted by Crippen LogP contribution is -2.33. The lowest BCUT2D eigenvalue weighted by molar-refractivity contribution is -0.0494. The third-order valence-electron chi connectivity index (χ3n) is 3.51. The Morgan fingerprint density at radius 1 is 0.773 bits per heavy atom. The minimum absolute atomic E-state index is 0.0383. The summed E-state index contributed by atoms with van der Waals surface area (Å²) in [6, 6.07) is 20.1. The summed E-state index contributed by atoms with van der Waals surface area (Å²) in [4.78, 5) is 0. The smallest absolute Gasteiger partial charge is 0.0717 e. The SMILES string of the molecule is CC(CO)(COCc1ccccc1)COCc1ccccc1. The van der Waals surface area contributed by atoms with Crippen LogP contribution in [0.4, 0.5) is 0 Å². The maximum Gasteiger partial charge on any atom is 0.0717 e. The number of aliphatic hydroxyl groups excluding tert-OH is 1. The largest absolute Gasteiger partial charge is 0.396 e. The first kappa shape index (κ1) is 16.7. The monoisotopic (exact) mass is 300 g/mol. The first-order valence-electron chi connectivity index (χ1n) is 7.56. The lowest BCUT2D eigenvalue weighted by Gasteiger charge is -2.26. The number of benzene rings is 2. The molecule has 0 aromatic heterocycles. The van der Waals surface area contributed by atoms with Gasteiger partial charge in [-0.2, -0.15) is 0 Å².